The molecule has 3 aromatic heterocycles. The number of nitrogens with zero attached hydrogens (tertiary/aromatic N) is 6. The van der Waals surface area contributed by atoms with Crippen molar-refractivity contribution < 1.29 is 0 Å². The standard InChI is InChI=1S/C19H25N7/c1-14(2)24-8-10-25(11-9-24)16-4-5-18(21-13-16)22-17-12-15(3)23-26-7-6-20-19(17)26/h4-7,12-14H,8-11H2,1-3H3,(H,21,22). The second-order valence-corrected chi connectivity index (χ2v) is 7.04. The fraction of sp³-hybridized carbons (Fsp3) is 0.421. The summed E-state index contributed by atoms with van der Waals surface area (Å²) in [7, 11) is 0. The van der Waals surface area contributed by atoms with Crippen LogP contribution in [0.25, 0.3) is 5.65 Å². The Hall–Kier alpha value is -2.67. The van der Waals surface area contributed by atoms with Crippen LogP contribution >= 0.6 is 0 Å². The Morgan fingerprint density at radius 2 is 1.88 bits per heavy atom. The van der Waals surface area contributed by atoms with Gasteiger partial charge in [-0.05, 0) is 39.0 Å². The highest BCUT2D eigenvalue weighted by Crippen LogP contribution is 2.22. The lowest BCUT2D eigenvalue weighted by atomic mass is 10.2. The van der Waals surface area contributed by atoms with Crippen molar-refractivity contribution in [3.8, 4) is 0 Å². The van der Waals surface area contributed by atoms with Crippen molar-refractivity contribution in [2.75, 3.05) is 36.4 Å². The Morgan fingerprint density at radius 1 is 1.08 bits per heavy atom. The molecule has 1 aliphatic rings. The van der Waals surface area contributed by atoms with Crippen LogP contribution in [0.3, 0.4) is 0 Å². The zero-order valence-electron chi connectivity index (χ0n) is 15.6. The Bertz CT molecular complexity index is 877. The van der Waals surface area contributed by atoms with Gasteiger partial charge in [-0.15, -0.1) is 0 Å². The summed E-state index contributed by atoms with van der Waals surface area (Å²) >= 11 is 0. The van der Waals surface area contributed by atoms with E-state index in [4.69, 9.17) is 0 Å². The molecule has 0 amide bonds. The predicted octanol–water partition coefficient (Wildman–Crippen LogP) is 2.71. The molecule has 1 N–H and O–H groups in total. The summed E-state index contributed by atoms with van der Waals surface area (Å²) in [6.45, 7) is 10.8. The van der Waals surface area contributed by atoms with Crippen LogP contribution in [-0.2, 0) is 0 Å². The molecular weight excluding hydrogens is 326 g/mol. The number of hydrogen-bond acceptors (Lipinski definition) is 6. The number of fused-ring (bicyclic) bond motifs is 1. The number of aromatic nitrogens is 4. The van der Waals surface area contributed by atoms with Crippen LogP contribution < -0.4 is 10.2 Å². The van der Waals surface area contributed by atoms with Gasteiger partial charge in [-0.2, -0.15) is 5.10 Å². The molecule has 1 fully saturated rings. The van der Waals surface area contributed by atoms with E-state index in [1.54, 1.807) is 10.7 Å². The SMILES string of the molecule is Cc1cc(Nc2ccc(N3CCN(C(C)C)CC3)cn2)c2nccn2n1. The molecule has 0 aromatic carbocycles. The van der Waals surface area contributed by atoms with Crippen molar-refractivity contribution in [2.45, 2.75) is 26.8 Å². The normalized spacial score (nSPS) is 15.8. The van der Waals surface area contributed by atoms with E-state index in [1.165, 1.54) is 5.69 Å². The van der Waals surface area contributed by atoms with E-state index in [0.29, 0.717) is 6.04 Å². The molecule has 4 rings (SSSR count). The lowest BCUT2D eigenvalue weighted by Crippen LogP contribution is -2.48. The molecule has 3 aromatic rings. The minimum atomic E-state index is 0.616. The number of piperazine rings is 1. The first kappa shape index (κ1) is 16.8. The highest BCUT2D eigenvalue weighted by molar-refractivity contribution is 5.72. The number of imidazole rings is 1. The monoisotopic (exact) mass is 351 g/mol. The van der Waals surface area contributed by atoms with E-state index in [9.17, 15) is 0 Å². The van der Waals surface area contributed by atoms with Crippen LogP contribution in [0.5, 0.6) is 0 Å². The second-order valence-electron chi connectivity index (χ2n) is 7.04. The van der Waals surface area contributed by atoms with Crippen LogP contribution in [-0.4, -0.2) is 56.7 Å². The molecule has 0 radical (unpaired) electrons. The van der Waals surface area contributed by atoms with Crippen molar-refractivity contribution in [3.63, 3.8) is 0 Å². The van der Waals surface area contributed by atoms with Crippen LogP contribution in [0.4, 0.5) is 17.2 Å². The first-order valence-corrected chi connectivity index (χ1v) is 9.13. The average Bonchev–Trinajstić information content (AvgIpc) is 3.11. The van der Waals surface area contributed by atoms with Gasteiger partial charge in [0.1, 0.15) is 5.82 Å². The molecule has 1 saturated heterocycles. The molecule has 0 bridgehead atoms. The smallest absolute Gasteiger partial charge is 0.177 e. The molecule has 0 spiro atoms. The molecule has 0 atom stereocenters. The van der Waals surface area contributed by atoms with E-state index in [-0.39, 0.29) is 0 Å². The third kappa shape index (κ3) is 3.35. The van der Waals surface area contributed by atoms with Crippen LogP contribution in [0.15, 0.2) is 36.8 Å². The van der Waals surface area contributed by atoms with E-state index >= 15 is 0 Å². The molecule has 7 nitrogen and oxygen atoms in total. The average molecular weight is 351 g/mol. The lowest BCUT2D eigenvalue weighted by molar-refractivity contribution is 0.209. The second kappa shape index (κ2) is 6.92. The maximum absolute atomic E-state index is 4.60. The quantitative estimate of drug-likeness (QED) is 0.780. The number of nitrogens with one attached hydrogen (secondary N) is 1. The molecule has 4 heterocycles. The fourth-order valence-corrected chi connectivity index (χ4v) is 3.42. The van der Waals surface area contributed by atoms with Gasteiger partial charge in [0.15, 0.2) is 5.65 Å². The summed E-state index contributed by atoms with van der Waals surface area (Å²) in [4.78, 5) is 13.9. The van der Waals surface area contributed by atoms with Gasteiger partial charge in [0.05, 0.1) is 23.3 Å². The summed E-state index contributed by atoms with van der Waals surface area (Å²) in [5.41, 5.74) is 3.81. The van der Waals surface area contributed by atoms with Crippen LogP contribution in [0.2, 0.25) is 0 Å². The van der Waals surface area contributed by atoms with Crippen molar-refractivity contribution in [1.29, 1.82) is 0 Å². The Morgan fingerprint density at radius 3 is 2.58 bits per heavy atom. The van der Waals surface area contributed by atoms with E-state index < -0.39 is 0 Å². The van der Waals surface area contributed by atoms with E-state index in [2.05, 4.69) is 50.1 Å². The lowest BCUT2D eigenvalue weighted by Gasteiger charge is -2.38. The minimum Gasteiger partial charge on any atom is -0.368 e. The van der Waals surface area contributed by atoms with Crippen LogP contribution in [0.1, 0.15) is 19.5 Å². The summed E-state index contributed by atoms with van der Waals surface area (Å²) in [6, 6.07) is 6.77. The van der Waals surface area contributed by atoms with E-state index in [0.717, 1.165) is 49.0 Å². The van der Waals surface area contributed by atoms with Gasteiger partial charge in [0.2, 0.25) is 0 Å². The predicted molar refractivity (Wildman–Crippen MR) is 104 cm³/mol. The van der Waals surface area contributed by atoms with Crippen LogP contribution in [0, 0.1) is 6.92 Å². The molecule has 0 unspecified atom stereocenters. The van der Waals surface area contributed by atoms with Crippen molar-refractivity contribution >= 4 is 22.8 Å². The first-order valence-electron chi connectivity index (χ1n) is 9.13. The molecule has 136 valence electrons. The largest absolute Gasteiger partial charge is 0.368 e. The summed E-state index contributed by atoms with van der Waals surface area (Å²) < 4.78 is 1.78. The number of rotatable bonds is 4. The van der Waals surface area contributed by atoms with Gasteiger partial charge in [-0.3, -0.25) is 4.90 Å². The van der Waals surface area contributed by atoms with E-state index in [1.807, 2.05) is 31.5 Å². The molecule has 0 saturated carbocycles. The zero-order valence-corrected chi connectivity index (χ0v) is 15.6. The third-order valence-corrected chi connectivity index (χ3v) is 4.90. The highest BCUT2D eigenvalue weighted by Gasteiger charge is 2.19. The molecule has 1 aliphatic heterocycles. The maximum atomic E-state index is 4.60. The van der Waals surface area contributed by atoms with Gasteiger partial charge in [-0.1, -0.05) is 0 Å². The number of anilines is 3. The van der Waals surface area contributed by atoms with Crippen molar-refractivity contribution in [2.24, 2.45) is 0 Å². The molecule has 0 aliphatic carbocycles. The first-order chi connectivity index (χ1) is 12.6. The summed E-state index contributed by atoms with van der Waals surface area (Å²) in [5, 5.41) is 7.78. The Kier molecular flexibility index (Phi) is 4.46. The van der Waals surface area contributed by atoms with Gasteiger partial charge >= 0.3 is 0 Å². The minimum absolute atomic E-state index is 0.616. The highest BCUT2D eigenvalue weighted by atomic mass is 15.3. The zero-order chi connectivity index (χ0) is 18.1. The number of hydrogen-bond donors (Lipinski definition) is 1. The summed E-state index contributed by atoms with van der Waals surface area (Å²) in [5.74, 6) is 0.810. The number of aryl methyl sites for hydroxylation is 1. The van der Waals surface area contributed by atoms with Crippen molar-refractivity contribution in [1.82, 2.24) is 24.5 Å². The van der Waals surface area contributed by atoms with Gasteiger partial charge < -0.3 is 10.2 Å². The van der Waals surface area contributed by atoms with Gasteiger partial charge in [0, 0.05) is 44.6 Å². The topological polar surface area (TPSA) is 61.6 Å². The van der Waals surface area contributed by atoms with Gasteiger partial charge in [0.25, 0.3) is 0 Å². The Labute approximate surface area is 153 Å². The third-order valence-electron chi connectivity index (χ3n) is 4.90. The molecular formula is C19H25N7. The maximum Gasteiger partial charge on any atom is 0.177 e. The van der Waals surface area contributed by atoms with Gasteiger partial charge in [-0.25, -0.2) is 14.5 Å². The summed E-state index contributed by atoms with van der Waals surface area (Å²) in [6.07, 6.45) is 5.55. The fourth-order valence-electron chi connectivity index (χ4n) is 3.42. The molecule has 26 heavy (non-hydrogen) atoms. The Balaban J connectivity index is 1.47. The molecule has 7 heteroatoms. The number of pyridine rings is 1. The van der Waals surface area contributed by atoms with Crippen molar-refractivity contribution in [3.05, 3.63) is 42.5 Å².